The lowest BCUT2D eigenvalue weighted by Crippen LogP contribution is -2.29. The Morgan fingerprint density at radius 1 is 0.247 bits per heavy atom. The van der Waals surface area contributed by atoms with Crippen LogP contribution in [0.5, 0.6) is 0 Å². The van der Waals surface area contributed by atoms with E-state index < -0.39 is 5.41 Å². The van der Waals surface area contributed by atoms with Crippen molar-refractivity contribution in [2.75, 3.05) is 9.80 Å². The Morgan fingerprint density at radius 2 is 0.581 bits per heavy atom. The fraction of sp³-hybridized carbons (Fsp3) is 0.0118. The van der Waals surface area contributed by atoms with Gasteiger partial charge in [0.1, 0.15) is 23.3 Å². The first-order valence-corrected chi connectivity index (χ1v) is 31.1. The van der Waals surface area contributed by atoms with Gasteiger partial charge in [0.2, 0.25) is 0 Å². The number of aromatic nitrogens is 2. The Labute approximate surface area is 534 Å². The van der Waals surface area contributed by atoms with Gasteiger partial charge in [-0.2, -0.15) is 0 Å². The van der Waals surface area contributed by atoms with Gasteiger partial charge in [-0.1, -0.05) is 170 Å². The van der Waals surface area contributed by atoms with Gasteiger partial charge < -0.3 is 18.9 Å². The second-order valence-electron chi connectivity index (χ2n) is 23.7. The van der Waals surface area contributed by atoms with Gasteiger partial charge in [-0.05, 0) is 202 Å². The lowest BCUT2D eigenvalue weighted by Gasteiger charge is -2.35. The monoisotopic (exact) mass is 1210 g/mol. The van der Waals surface area contributed by atoms with Crippen LogP contribution in [0.15, 0.2) is 328 Å². The second kappa shape index (κ2) is 22.2. The van der Waals surface area contributed by atoms with E-state index in [0.717, 1.165) is 134 Å². The Morgan fingerprint density at radius 3 is 0.989 bits per heavy atom. The van der Waals surface area contributed by atoms with E-state index in [-0.39, 0.29) is 23.3 Å². The molecule has 4 nitrogen and oxygen atoms in total. The molecule has 2 heterocycles. The minimum atomic E-state index is -0.890. The Hall–Kier alpha value is -12.0. The van der Waals surface area contributed by atoms with Crippen LogP contribution in [-0.4, -0.2) is 9.13 Å². The molecule has 442 valence electrons. The third kappa shape index (κ3) is 9.04. The van der Waals surface area contributed by atoms with Crippen LogP contribution >= 0.6 is 0 Å². The predicted molar refractivity (Wildman–Crippen MR) is 372 cm³/mol. The molecule has 0 N–H and O–H groups in total. The van der Waals surface area contributed by atoms with Crippen molar-refractivity contribution in [2.45, 2.75) is 5.41 Å². The van der Waals surface area contributed by atoms with E-state index in [1.165, 1.54) is 36.4 Å². The van der Waals surface area contributed by atoms with Crippen LogP contribution in [0.3, 0.4) is 0 Å². The number of halogens is 4. The summed E-state index contributed by atoms with van der Waals surface area (Å²) in [5, 5.41) is 4.14. The van der Waals surface area contributed by atoms with E-state index in [9.17, 15) is 8.78 Å². The summed E-state index contributed by atoms with van der Waals surface area (Å²) in [4.78, 5) is 4.58. The summed E-state index contributed by atoms with van der Waals surface area (Å²) in [7, 11) is 0. The lowest BCUT2D eigenvalue weighted by molar-refractivity contribution is 0.627. The van der Waals surface area contributed by atoms with Crippen molar-refractivity contribution in [3.05, 3.63) is 373 Å². The maximum atomic E-state index is 15.5. The molecule has 0 atom stereocenters. The summed E-state index contributed by atoms with van der Waals surface area (Å²) in [6, 6.07) is 108. The predicted octanol–water partition coefficient (Wildman–Crippen LogP) is 23.1. The maximum absolute atomic E-state index is 15.5. The van der Waals surface area contributed by atoms with Crippen molar-refractivity contribution < 1.29 is 17.6 Å². The Balaban J connectivity index is 0.883. The van der Waals surface area contributed by atoms with Gasteiger partial charge in [0.05, 0.1) is 27.5 Å². The topological polar surface area (TPSA) is 16.3 Å². The molecule has 93 heavy (non-hydrogen) atoms. The van der Waals surface area contributed by atoms with Gasteiger partial charge in [-0.25, -0.2) is 17.6 Å². The minimum absolute atomic E-state index is 0.293. The molecule has 0 spiro atoms. The molecule has 0 saturated heterocycles. The molecule has 0 amide bonds. The number of fused-ring (bicyclic) bond motifs is 9. The highest BCUT2D eigenvalue weighted by Crippen LogP contribution is 2.59. The highest BCUT2D eigenvalue weighted by Gasteiger charge is 2.47. The fourth-order valence-corrected chi connectivity index (χ4v) is 14.5. The summed E-state index contributed by atoms with van der Waals surface area (Å²) in [5.41, 5.74) is 19.1. The molecule has 0 unspecified atom stereocenters. The van der Waals surface area contributed by atoms with E-state index in [4.69, 9.17) is 0 Å². The van der Waals surface area contributed by atoms with Gasteiger partial charge in [0, 0.05) is 78.2 Å². The molecule has 17 rings (SSSR count). The SMILES string of the molecule is Fc1ccc(-n2c3ccccc3c3cc(N(c4ccc(-c5ccccc5F)cc4)c4ccc5c(c4)C(c4ccccc4)(c4ccccc4)c4cc(N(c6ccc(-c7ccccc7F)cc6)c6ccc7c(c6)c6ccccc6n7-c6ccc(F)cc6)ccc4-5)ccc32)cc1. The first-order valence-electron chi connectivity index (χ1n) is 31.1. The molecule has 0 saturated carbocycles. The van der Waals surface area contributed by atoms with E-state index in [1.54, 1.807) is 12.1 Å². The van der Waals surface area contributed by atoms with Crippen molar-refractivity contribution in [2.24, 2.45) is 0 Å². The zero-order valence-corrected chi connectivity index (χ0v) is 50.0. The van der Waals surface area contributed by atoms with Crippen molar-refractivity contribution in [1.29, 1.82) is 0 Å². The number of hydrogen-bond donors (Lipinski definition) is 0. The van der Waals surface area contributed by atoms with Crippen molar-refractivity contribution in [3.8, 4) is 44.8 Å². The molecule has 0 fully saturated rings. The van der Waals surface area contributed by atoms with E-state index in [2.05, 4.69) is 213 Å². The lowest BCUT2D eigenvalue weighted by atomic mass is 9.67. The quantitative estimate of drug-likeness (QED) is 0.113. The zero-order chi connectivity index (χ0) is 62.3. The molecule has 1 aliphatic carbocycles. The summed E-state index contributed by atoms with van der Waals surface area (Å²) in [5.74, 6) is -1.19. The number of rotatable bonds is 12. The average Bonchev–Trinajstić information content (AvgIpc) is 1.55. The molecule has 14 aromatic carbocycles. The summed E-state index contributed by atoms with van der Waals surface area (Å²) in [6.07, 6.45) is 0. The van der Waals surface area contributed by atoms with Crippen LogP contribution in [-0.2, 0) is 5.41 Å². The number of para-hydroxylation sites is 2. The van der Waals surface area contributed by atoms with E-state index in [1.807, 2.05) is 84.9 Å². The fourth-order valence-electron chi connectivity index (χ4n) is 14.5. The largest absolute Gasteiger partial charge is 0.310 e. The molecule has 8 heteroatoms. The van der Waals surface area contributed by atoms with Gasteiger partial charge in [-0.15, -0.1) is 0 Å². The van der Waals surface area contributed by atoms with Crippen molar-refractivity contribution in [3.63, 3.8) is 0 Å². The third-order valence-electron chi connectivity index (χ3n) is 18.7. The Kier molecular flexibility index (Phi) is 13.1. The number of benzene rings is 14. The average molecular weight is 1210 g/mol. The van der Waals surface area contributed by atoms with Gasteiger partial charge in [0.25, 0.3) is 0 Å². The van der Waals surface area contributed by atoms with E-state index in [0.29, 0.717) is 11.1 Å². The third-order valence-corrected chi connectivity index (χ3v) is 18.7. The molecule has 2 aromatic heterocycles. The first-order chi connectivity index (χ1) is 45.8. The normalized spacial score (nSPS) is 12.4. The van der Waals surface area contributed by atoms with Gasteiger partial charge in [-0.3, -0.25) is 0 Å². The molecule has 16 aromatic rings. The highest BCUT2D eigenvalue weighted by atomic mass is 19.1. The van der Waals surface area contributed by atoms with Gasteiger partial charge in [0.15, 0.2) is 0 Å². The van der Waals surface area contributed by atoms with Gasteiger partial charge >= 0.3 is 0 Å². The molecule has 0 aliphatic heterocycles. The Bertz CT molecular complexity index is 5200. The summed E-state index contributed by atoms with van der Waals surface area (Å²) in [6.45, 7) is 0. The van der Waals surface area contributed by atoms with Crippen LogP contribution in [0.4, 0.5) is 51.7 Å². The minimum Gasteiger partial charge on any atom is -0.310 e. The second-order valence-corrected chi connectivity index (χ2v) is 23.7. The zero-order valence-electron chi connectivity index (χ0n) is 50.0. The summed E-state index contributed by atoms with van der Waals surface area (Å²) >= 11 is 0. The smallest absolute Gasteiger partial charge is 0.131 e. The van der Waals surface area contributed by atoms with Crippen LogP contribution in [0.1, 0.15) is 22.3 Å². The number of hydrogen-bond acceptors (Lipinski definition) is 2. The molecule has 0 bridgehead atoms. The molecular formula is C85H54F4N4. The molecular weight excluding hydrogens is 1150 g/mol. The number of anilines is 6. The summed E-state index contributed by atoms with van der Waals surface area (Å²) < 4.78 is 64.4. The first kappa shape index (κ1) is 55.1. The molecule has 1 aliphatic rings. The number of nitrogens with zero attached hydrogens (tertiary/aromatic N) is 4. The van der Waals surface area contributed by atoms with Crippen LogP contribution in [0, 0.1) is 23.3 Å². The maximum Gasteiger partial charge on any atom is 0.131 e. The van der Waals surface area contributed by atoms with Crippen LogP contribution < -0.4 is 9.80 Å². The molecule has 0 radical (unpaired) electrons. The van der Waals surface area contributed by atoms with Crippen LogP contribution in [0.25, 0.3) is 88.4 Å². The van der Waals surface area contributed by atoms with Crippen molar-refractivity contribution in [1.82, 2.24) is 9.13 Å². The van der Waals surface area contributed by atoms with E-state index >= 15 is 8.78 Å². The highest BCUT2D eigenvalue weighted by molar-refractivity contribution is 6.12. The van der Waals surface area contributed by atoms with Crippen LogP contribution in [0.2, 0.25) is 0 Å². The van der Waals surface area contributed by atoms with Crippen molar-refractivity contribution >= 4 is 77.7 Å². The standard InChI is InChI=1S/C85H54F4N4/c86-59-31-39-63(40-32-59)92-81-25-13-9-21-73(81)75-51-65(45-49-83(75)92)90(61-35-27-55(28-36-61)69-19-7-11-23-79(69)88)67-43-47-71-72-48-44-68(54-78(72)85(77(71)53-67,57-15-3-1-4-16-57)58-17-5-2-6-18-58)91(62-37-29-56(30-38-62)70-20-8-12-24-80(70)89)66-46-50-84-76(52-66)74-22-10-14-26-82(74)93(84)64-41-33-60(87)34-42-64/h1-54H.